The van der Waals surface area contributed by atoms with E-state index in [0.29, 0.717) is 24.9 Å². The van der Waals surface area contributed by atoms with Crippen molar-refractivity contribution in [1.29, 1.82) is 0 Å². The number of piperidine rings is 3. The Morgan fingerprint density at radius 1 is 1.15 bits per heavy atom. The third-order valence-electron chi connectivity index (χ3n) is 6.11. The molecule has 0 aliphatic carbocycles. The Morgan fingerprint density at radius 2 is 1.88 bits per heavy atom. The number of hydrogen-bond acceptors (Lipinski definition) is 4. The molecule has 4 saturated heterocycles. The van der Waals surface area contributed by atoms with Crippen molar-refractivity contribution in [3.63, 3.8) is 0 Å². The first kappa shape index (κ1) is 17.5. The predicted octanol–water partition coefficient (Wildman–Crippen LogP) is 2.08. The lowest BCUT2D eigenvalue weighted by Crippen LogP contribution is -2.61. The number of ether oxygens (including phenoxy) is 1. The average Bonchev–Trinajstić information content (AvgIpc) is 2.70. The van der Waals surface area contributed by atoms with Gasteiger partial charge in [-0.3, -0.25) is 4.90 Å². The van der Waals surface area contributed by atoms with Gasteiger partial charge in [-0.1, -0.05) is 0 Å². The molecule has 2 bridgehead atoms. The van der Waals surface area contributed by atoms with Gasteiger partial charge in [0.05, 0.1) is 12.8 Å². The zero-order valence-electron chi connectivity index (χ0n) is 15.3. The van der Waals surface area contributed by atoms with Crippen molar-refractivity contribution in [2.75, 3.05) is 58.2 Å². The van der Waals surface area contributed by atoms with E-state index in [0.717, 1.165) is 19.0 Å². The van der Waals surface area contributed by atoms with Crippen molar-refractivity contribution in [3.05, 3.63) is 24.0 Å². The smallest absolute Gasteiger partial charge is 0.322 e. The number of hydrogen-bond donors (Lipinski definition) is 1. The maximum absolute atomic E-state index is 14.0. The van der Waals surface area contributed by atoms with E-state index in [2.05, 4.69) is 15.1 Å². The molecule has 26 heavy (non-hydrogen) atoms. The number of nitrogens with one attached hydrogen (secondary N) is 1. The van der Waals surface area contributed by atoms with Gasteiger partial charge < -0.3 is 19.9 Å². The van der Waals surface area contributed by atoms with Crippen molar-refractivity contribution in [2.45, 2.75) is 18.9 Å². The van der Waals surface area contributed by atoms with Gasteiger partial charge in [0.1, 0.15) is 11.6 Å². The molecular weight excluding hydrogens is 335 g/mol. The highest BCUT2D eigenvalue weighted by atomic mass is 19.1. The van der Waals surface area contributed by atoms with Crippen LogP contribution in [0.15, 0.2) is 18.2 Å². The summed E-state index contributed by atoms with van der Waals surface area (Å²) in [5.74, 6) is 0.768. The molecule has 7 heteroatoms. The number of amides is 2. The maximum Gasteiger partial charge on any atom is 0.322 e. The van der Waals surface area contributed by atoms with Gasteiger partial charge in [-0.05, 0) is 44.0 Å². The molecule has 0 aromatic heterocycles. The Bertz CT molecular complexity index is 655. The molecule has 4 heterocycles. The van der Waals surface area contributed by atoms with Crippen LogP contribution in [0, 0.1) is 11.7 Å². The lowest BCUT2D eigenvalue weighted by Gasteiger charge is -2.50. The summed E-state index contributed by atoms with van der Waals surface area (Å²) in [5, 5.41) is 2.68. The fourth-order valence-corrected chi connectivity index (χ4v) is 4.52. The first-order valence-electron chi connectivity index (χ1n) is 9.50. The predicted molar refractivity (Wildman–Crippen MR) is 98.1 cm³/mol. The molecule has 4 aliphatic rings. The van der Waals surface area contributed by atoms with Gasteiger partial charge in [0.25, 0.3) is 0 Å². The summed E-state index contributed by atoms with van der Waals surface area (Å²) in [6, 6.07) is 4.87. The maximum atomic E-state index is 14.0. The summed E-state index contributed by atoms with van der Waals surface area (Å²) in [6.45, 7) is 6.84. The Labute approximate surface area is 153 Å². The lowest BCUT2D eigenvalue weighted by atomic mass is 9.83. The van der Waals surface area contributed by atoms with Crippen molar-refractivity contribution in [3.8, 4) is 5.75 Å². The van der Waals surface area contributed by atoms with Crippen LogP contribution in [-0.2, 0) is 0 Å². The minimum atomic E-state index is -0.483. The van der Waals surface area contributed by atoms with E-state index in [1.807, 2.05) is 0 Å². The van der Waals surface area contributed by atoms with Crippen LogP contribution in [0.4, 0.5) is 14.9 Å². The molecule has 4 aliphatic heterocycles. The van der Waals surface area contributed by atoms with E-state index in [9.17, 15) is 9.18 Å². The Morgan fingerprint density at radius 3 is 2.46 bits per heavy atom. The van der Waals surface area contributed by atoms with Crippen LogP contribution >= 0.6 is 0 Å². The van der Waals surface area contributed by atoms with Gasteiger partial charge in [0.2, 0.25) is 0 Å². The minimum absolute atomic E-state index is 0.190. The second-order valence-corrected chi connectivity index (χ2v) is 7.50. The van der Waals surface area contributed by atoms with Gasteiger partial charge in [-0.15, -0.1) is 0 Å². The molecular formula is C19H27FN4O2. The molecule has 5 rings (SSSR count). The summed E-state index contributed by atoms with van der Waals surface area (Å²) >= 11 is 0. The molecule has 142 valence electrons. The van der Waals surface area contributed by atoms with Crippen molar-refractivity contribution < 1.29 is 13.9 Å². The molecule has 1 aromatic carbocycles. The van der Waals surface area contributed by atoms with Crippen molar-refractivity contribution >= 4 is 11.7 Å². The summed E-state index contributed by atoms with van der Waals surface area (Å²) in [6.07, 6.45) is 2.62. The highest BCUT2D eigenvalue weighted by Crippen LogP contribution is 2.31. The fraction of sp³-hybridized carbons (Fsp3) is 0.632. The number of fused-ring (bicyclic) bond motifs is 3. The number of piperazine rings is 1. The van der Waals surface area contributed by atoms with E-state index >= 15 is 0 Å². The summed E-state index contributed by atoms with van der Waals surface area (Å²) in [4.78, 5) is 19.4. The van der Waals surface area contributed by atoms with Crippen LogP contribution in [0.3, 0.4) is 0 Å². The number of anilines is 1. The molecule has 1 aromatic rings. The molecule has 0 unspecified atom stereocenters. The number of urea groups is 1. The third kappa shape index (κ3) is 3.50. The normalized spacial score (nSPS) is 28.8. The molecule has 0 saturated carbocycles. The van der Waals surface area contributed by atoms with Crippen LogP contribution in [0.1, 0.15) is 12.8 Å². The van der Waals surface area contributed by atoms with E-state index in [4.69, 9.17) is 4.74 Å². The number of nitrogens with zero attached hydrogens (tertiary/aromatic N) is 3. The second-order valence-electron chi connectivity index (χ2n) is 7.50. The number of halogens is 1. The summed E-state index contributed by atoms with van der Waals surface area (Å²) < 4.78 is 19.0. The molecule has 1 N–H and O–H groups in total. The summed E-state index contributed by atoms with van der Waals surface area (Å²) in [7, 11) is 1.49. The van der Waals surface area contributed by atoms with Crippen LogP contribution in [0.5, 0.6) is 5.75 Å². The molecule has 2 amide bonds. The molecule has 6 nitrogen and oxygen atoms in total. The highest BCUT2D eigenvalue weighted by molar-refractivity contribution is 5.89. The SMILES string of the molecule is COc1ccc(NC(=O)N2CCN([C@@H]3CN4CCC3CC4)CC2)c(F)c1. The monoisotopic (exact) mass is 362 g/mol. The highest BCUT2D eigenvalue weighted by Gasteiger charge is 2.38. The van der Waals surface area contributed by atoms with E-state index < -0.39 is 5.82 Å². The van der Waals surface area contributed by atoms with Gasteiger partial charge in [-0.2, -0.15) is 0 Å². The summed E-state index contributed by atoms with van der Waals surface area (Å²) in [5.41, 5.74) is 0.190. The van der Waals surface area contributed by atoms with Gasteiger partial charge in [0, 0.05) is 44.8 Å². The number of benzene rings is 1. The first-order chi connectivity index (χ1) is 12.6. The lowest BCUT2D eigenvalue weighted by molar-refractivity contribution is -0.00971. The molecule has 4 fully saturated rings. The number of carbonyl (C=O) groups is 1. The van der Waals surface area contributed by atoms with Crippen molar-refractivity contribution in [2.24, 2.45) is 5.92 Å². The van der Waals surface area contributed by atoms with Crippen LogP contribution in [-0.4, -0.2) is 79.7 Å². The van der Waals surface area contributed by atoms with Gasteiger partial charge in [-0.25, -0.2) is 9.18 Å². The minimum Gasteiger partial charge on any atom is -0.497 e. The zero-order chi connectivity index (χ0) is 18.1. The molecule has 0 radical (unpaired) electrons. The average molecular weight is 362 g/mol. The first-order valence-corrected chi connectivity index (χ1v) is 9.50. The van der Waals surface area contributed by atoms with E-state index in [-0.39, 0.29) is 11.7 Å². The van der Waals surface area contributed by atoms with E-state index in [1.165, 1.54) is 51.7 Å². The Hall–Kier alpha value is -1.86. The van der Waals surface area contributed by atoms with Crippen molar-refractivity contribution in [1.82, 2.24) is 14.7 Å². The van der Waals surface area contributed by atoms with Gasteiger partial charge >= 0.3 is 6.03 Å². The topological polar surface area (TPSA) is 48.1 Å². The number of rotatable bonds is 3. The number of carbonyl (C=O) groups excluding carboxylic acids is 1. The van der Waals surface area contributed by atoms with Gasteiger partial charge in [0.15, 0.2) is 0 Å². The quantitative estimate of drug-likeness (QED) is 0.894. The largest absolute Gasteiger partial charge is 0.497 e. The molecule has 0 spiro atoms. The zero-order valence-corrected chi connectivity index (χ0v) is 15.3. The van der Waals surface area contributed by atoms with Crippen LogP contribution in [0.25, 0.3) is 0 Å². The van der Waals surface area contributed by atoms with Crippen LogP contribution < -0.4 is 10.1 Å². The van der Waals surface area contributed by atoms with Crippen LogP contribution in [0.2, 0.25) is 0 Å². The fourth-order valence-electron chi connectivity index (χ4n) is 4.52. The third-order valence-corrected chi connectivity index (χ3v) is 6.11. The second kappa shape index (κ2) is 7.40. The van der Waals surface area contributed by atoms with E-state index in [1.54, 1.807) is 11.0 Å². The number of methoxy groups -OCH3 is 1. The Kier molecular flexibility index (Phi) is 5.00. The Balaban J connectivity index is 1.31. The molecule has 1 atom stereocenters. The standard InChI is InChI=1S/C19H27FN4O2/c1-26-15-2-3-17(16(20)12-15)21-19(25)24-10-8-23(9-11-24)18-13-22-6-4-14(18)5-7-22/h2-3,12,14,18H,4-11,13H2,1H3,(H,21,25)/t18-/m1/s1.